The SMILES string of the molecule is COCCNC(=O)[C@H]1c2ccccc2C(=O)N(C)[C@H]1c1cccs1. The van der Waals surface area contributed by atoms with E-state index in [9.17, 15) is 9.59 Å². The standard InChI is InChI=1S/C18H20N2O3S/c1-20-16(14-8-5-11-24-14)15(17(21)19-9-10-23-2)12-6-3-4-7-13(12)18(20)22/h3-8,11,15-16H,9-10H2,1-2H3,(H,19,21)/t15-,16-/m0/s1. The van der Waals surface area contributed by atoms with E-state index >= 15 is 0 Å². The molecule has 3 rings (SSSR count). The molecule has 6 heteroatoms. The average Bonchev–Trinajstić information content (AvgIpc) is 3.12. The van der Waals surface area contributed by atoms with Gasteiger partial charge in [0, 0.05) is 31.1 Å². The molecule has 2 aromatic rings. The summed E-state index contributed by atoms with van der Waals surface area (Å²) in [5.74, 6) is -0.568. The van der Waals surface area contributed by atoms with Crippen molar-refractivity contribution in [3.63, 3.8) is 0 Å². The van der Waals surface area contributed by atoms with Crippen molar-refractivity contribution in [1.82, 2.24) is 10.2 Å². The number of amides is 2. The number of carbonyl (C=O) groups excluding carboxylic acids is 2. The molecule has 2 heterocycles. The molecule has 1 aliphatic rings. The summed E-state index contributed by atoms with van der Waals surface area (Å²) in [7, 11) is 3.36. The fourth-order valence-corrected chi connectivity index (χ4v) is 4.06. The molecule has 0 radical (unpaired) electrons. The molecule has 1 N–H and O–H groups in total. The summed E-state index contributed by atoms with van der Waals surface area (Å²) < 4.78 is 5.01. The number of likely N-dealkylation sites (N-methyl/N-ethyl adjacent to an activating group) is 1. The van der Waals surface area contributed by atoms with Gasteiger partial charge in [0.15, 0.2) is 0 Å². The van der Waals surface area contributed by atoms with Gasteiger partial charge >= 0.3 is 0 Å². The van der Waals surface area contributed by atoms with Crippen LogP contribution < -0.4 is 5.32 Å². The first-order chi connectivity index (χ1) is 11.6. The molecule has 0 bridgehead atoms. The Morgan fingerprint density at radius 1 is 1.29 bits per heavy atom. The van der Waals surface area contributed by atoms with Gasteiger partial charge in [0.2, 0.25) is 5.91 Å². The van der Waals surface area contributed by atoms with Gasteiger partial charge in [-0.05, 0) is 23.1 Å². The molecule has 2 atom stereocenters. The molecule has 2 amide bonds. The number of benzene rings is 1. The Labute approximate surface area is 145 Å². The number of carbonyl (C=O) groups is 2. The van der Waals surface area contributed by atoms with Crippen LogP contribution in [0.1, 0.15) is 32.8 Å². The second kappa shape index (κ2) is 7.15. The molecule has 24 heavy (non-hydrogen) atoms. The van der Waals surface area contributed by atoms with Gasteiger partial charge in [0.1, 0.15) is 0 Å². The van der Waals surface area contributed by atoms with E-state index in [0.717, 1.165) is 10.4 Å². The molecule has 0 saturated heterocycles. The van der Waals surface area contributed by atoms with Crippen molar-refractivity contribution in [3.05, 3.63) is 57.8 Å². The minimum atomic E-state index is -0.431. The summed E-state index contributed by atoms with van der Waals surface area (Å²) in [5.41, 5.74) is 1.38. The number of nitrogens with one attached hydrogen (secondary N) is 1. The van der Waals surface area contributed by atoms with Crippen LogP contribution in [-0.4, -0.2) is 44.0 Å². The smallest absolute Gasteiger partial charge is 0.254 e. The summed E-state index contributed by atoms with van der Waals surface area (Å²) in [6, 6.07) is 11.0. The number of ether oxygens (including phenoxy) is 1. The highest BCUT2D eigenvalue weighted by Gasteiger charge is 2.42. The molecule has 1 aromatic carbocycles. The molecule has 0 spiro atoms. The van der Waals surface area contributed by atoms with Crippen LogP contribution in [0.5, 0.6) is 0 Å². The Bertz CT molecular complexity index is 730. The van der Waals surface area contributed by atoms with Crippen LogP contribution in [-0.2, 0) is 9.53 Å². The second-order valence-corrected chi connectivity index (χ2v) is 6.70. The third-order valence-electron chi connectivity index (χ3n) is 4.30. The van der Waals surface area contributed by atoms with Gasteiger partial charge in [-0.2, -0.15) is 0 Å². The zero-order valence-corrected chi connectivity index (χ0v) is 14.5. The maximum atomic E-state index is 12.9. The fourth-order valence-electron chi connectivity index (χ4n) is 3.16. The Balaban J connectivity index is 2.03. The number of methoxy groups -OCH3 is 1. The molecular formula is C18H20N2O3S. The van der Waals surface area contributed by atoms with Crippen LogP contribution >= 0.6 is 11.3 Å². The van der Waals surface area contributed by atoms with E-state index in [1.807, 2.05) is 35.7 Å². The predicted molar refractivity (Wildman–Crippen MR) is 93.2 cm³/mol. The average molecular weight is 344 g/mol. The first-order valence-electron chi connectivity index (χ1n) is 7.81. The number of fused-ring (bicyclic) bond motifs is 1. The first kappa shape index (κ1) is 16.7. The highest BCUT2D eigenvalue weighted by atomic mass is 32.1. The van der Waals surface area contributed by atoms with Gasteiger partial charge in [0.25, 0.3) is 5.91 Å². The lowest BCUT2D eigenvalue weighted by atomic mass is 9.82. The molecular weight excluding hydrogens is 324 g/mol. The Kier molecular flexibility index (Phi) is 4.97. The van der Waals surface area contributed by atoms with E-state index in [1.165, 1.54) is 0 Å². The maximum absolute atomic E-state index is 12.9. The molecule has 0 fully saturated rings. The van der Waals surface area contributed by atoms with Crippen LogP contribution in [0.2, 0.25) is 0 Å². The molecule has 126 valence electrons. The monoisotopic (exact) mass is 344 g/mol. The maximum Gasteiger partial charge on any atom is 0.254 e. The van der Waals surface area contributed by atoms with Crippen LogP contribution in [0.25, 0.3) is 0 Å². The van der Waals surface area contributed by atoms with Gasteiger partial charge in [-0.25, -0.2) is 0 Å². The lowest BCUT2D eigenvalue weighted by molar-refractivity contribution is -0.124. The van der Waals surface area contributed by atoms with E-state index < -0.39 is 5.92 Å². The highest BCUT2D eigenvalue weighted by Crippen LogP contribution is 2.43. The van der Waals surface area contributed by atoms with E-state index in [2.05, 4.69) is 5.32 Å². The quantitative estimate of drug-likeness (QED) is 0.848. The zero-order chi connectivity index (χ0) is 17.1. The van der Waals surface area contributed by atoms with Crippen molar-refractivity contribution in [1.29, 1.82) is 0 Å². The summed E-state index contributed by atoms with van der Waals surface area (Å²) in [5, 5.41) is 4.89. The summed E-state index contributed by atoms with van der Waals surface area (Å²) in [6.07, 6.45) is 0. The molecule has 1 aromatic heterocycles. The summed E-state index contributed by atoms with van der Waals surface area (Å²) in [4.78, 5) is 28.3. The third kappa shape index (κ3) is 2.95. The largest absolute Gasteiger partial charge is 0.383 e. The van der Waals surface area contributed by atoms with Crippen molar-refractivity contribution >= 4 is 23.2 Å². The van der Waals surface area contributed by atoms with Gasteiger partial charge in [-0.1, -0.05) is 24.3 Å². The third-order valence-corrected chi connectivity index (χ3v) is 5.25. The van der Waals surface area contributed by atoms with Gasteiger partial charge < -0.3 is 15.0 Å². The molecule has 5 nitrogen and oxygen atoms in total. The van der Waals surface area contributed by atoms with Crippen LogP contribution in [0, 0.1) is 0 Å². The van der Waals surface area contributed by atoms with Crippen molar-refractivity contribution in [2.24, 2.45) is 0 Å². The first-order valence-corrected chi connectivity index (χ1v) is 8.69. The van der Waals surface area contributed by atoms with E-state index in [-0.39, 0.29) is 17.9 Å². The normalized spacial score (nSPS) is 19.9. The van der Waals surface area contributed by atoms with Crippen LogP contribution in [0.3, 0.4) is 0 Å². The van der Waals surface area contributed by atoms with Crippen LogP contribution in [0.4, 0.5) is 0 Å². The molecule has 0 aliphatic carbocycles. The number of nitrogens with zero attached hydrogens (tertiary/aromatic N) is 1. The highest BCUT2D eigenvalue weighted by molar-refractivity contribution is 7.10. The zero-order valence-electron chi connectivity index (χ0n) is 13.7. The van der Waals surface area contributed by atoms with E-state index in [0.29, 0.717) is 18.7 Å². The van der Waals surface area contributed by atoms with Crippen molar-refractivity contribution in [2.75, 3.05) is 27.3 Å². The van der Waals surface area contributed by atoms with Crippen molar-refractivity contribution in [3.8, 4) is 0 Å². The minimum Gasteiger partial charge on any atom is -0.383 e. The van der Waals surface area contributed by atoms with Gasteiger partial charge in [-0.15, -0.1) is 11.3 Å². The second-order valence-electron chi connectivity index (χ2n) is 5.73. The number of hydrogen-bond acceptors (Lipinski definition) is 4. The van der Waals surface area contributed by atoms with E-state index in [1.54, 1.807) is 36.5 Å². The van der Waals surface area contributed by atoms with Gasteiger partial charge in [0.05, 0.1) is 18.6 Å². The number of rotatable bonds is 5. The van der Waals surface area contributed by atoms with E-state index in [4.69, 9.17) is 4.74 Å². The predicted octanol–water partition coefficient (Wildman–Crippen LogP) is 2.42. The number of hydrogen-bond donors (Lipinski definition) is 1. The lowest BCUT2D eigenvalue weighted by Crippen LogP contribution is -2.45. The van der Waals surface area contributed by atoms with Gasteiger partial charge in [-0.3, -0.25) is 9.59 Å². The topological polar surface area (TPSA) is 58.6 Å². The summed E-state index contributed by atoms with van der Waals surface area (Å²) >= 11 is 1.56. The Morgan fingerprint density at radius 3 is 2.79 bits per heavy atom. The minimum absolute atomic E-state index is 0.0510. The van der Waals surface area contributed by atoms with Crippen molar-refractivity contribution < 1.29 is 14.3 Å². The fraction of sp³-hybridized carbons (Fsp3) is 0.333. The molecule has 0 unspecified atom stereocenters. The lowest BCUT2D eigenvalue weighted by Gasteiger charge is -2.39. The summed E-state index contributed by atoms with van der Waals surface area (Å²) in [6.45, 7) is 0.904. The Hall–Kier alpha value is -2.18. The van der Waals surface area contributed by atoms with Crippen molar-refractivity contribution in [2.45, 2.75) is 12.0 Å². The van der Waals surface area contributed by atoms with Crippen LogP contribution in [0.15, 0.2) is 41.8 Å². The number of thiophene rings is 1. The molecule has 1 aliphatic heterocycles. The molecule has 0 saturated carbocycles. The Morgan fingerprint density at radius 2 is 2.08 bits per heavy atom.